The lowest BCUT2D eigenvalue weighted by Gasteiger charge is -2.33. The lowest BCUT2D eigenvalue weighted by molar-refractivity contribution is 0.181. The van der Waals surface area contributed by atoms with Crippen LogP contribution in [0.15, 0.2) is 34.7 Å². The van der Waals surface area contributed by atoms with E-state index in [0.717, 1.165) is 17.0 Å². The Hall–Kier alpha value is -0.990. The van der Waals surface area contributed by atoms with Crippen LogP contribution in [0.5, 0.6) is 0 Å². The van der Waals surface area contributed by atoms with Crippen LogP contribution in [0, 0.1) is 6.92 Å². The van der Waals surface area contributed by atoms with Crippen LogP contribution in [0.3, 0.4) is 0 Å². The van der Waals surface area contributed by atoms with Gasteiger partial charge in [0.2, 0.25) is 0 Å². The van der Waals surface area contributed by atoms with Crippen LogP contribution in [-0.4, -0.2) is 48.8 Å². The Morgan fingerprint density at radius 1 is 1.17 bits per heavy atom. The molecule has 0 aromatic carbocycles. The van der Waals surface area contributed by atoms with Crippen molar-refractivity contribution in [2.24, 2.45) is 0 Å². The van der Waals surface area contributed by atoms with Crippen molar-refractivity contribution in [3.63, 3.8) is 0 Å². The van der Waals surface area contributed by atoms with Crippen LogP contribution in [0.2, 0.25) is 5.15 Å². The molecule has 2 aromatic heterocycles. The average Bonchev–Trinajstić information content (AvgIpc) is 2.98. The Kier molecular flexibility index (Phi) is 5.03. The van der Waals surface area contributed by atoms with Crippen LogP contribution >= 0.6 is 22.9 Å². The molecule has 0 atom stereocenters. The number of aromatic nitrogens is 1. The first kappa shape index (κ1) is 16.9. The standard InChI is InChI=1S/C15H18ClN3O2S2/c1-12-2-5-15(22-12)23(20,21)19-8-6-18(7-9-19)11-13-3-4-14(16)17-10-13/h2-5,10H,6-9,11H2,1H3. The molecule has 0 radical (unpaired) electrons. The van der Waals surface area contributed by atoms with Gasteiger partial charge in [-0.05, 0) is 30.7 Å². The number of nitrogens with zero attached hydrogens (tertiary/aromatic N) is 3. The van der Waals surface area contributed by atoms with E-state index in [2.05, 4.69) is 9.88 Å². The van der Waals surface area contributed by atoms with Gasteiger partial charge in [-0.2, -0.15) is 4.31 Å². The second-order valence-corrected chi connectivity index (χ2v) is 9.37. The SMILES string of the molecule is Cc1ccc(S(=O)(=O)N2CCN(Cc3ccc(Cl)nc3)CC2)s1. The highest BCUT2D eigenvalue weighted by Gasteiger charge is 2.29. The Bertz CT molecular complexity index is 766. The summed E-state index contributed by atoms with van der Waals surface area (Å²) in [5, 5.41) is 0.482. The van der Waals surface area contributed by atoms with E-state index >= 15 is 0 Å². The molecule has 5 nitrogen and oxygen atoms in total. The van der Waals surface area contributed by atoms with Gasteiger partial charge in [0, 0.05) is 43.8 Å². The summed E-state index contributed by atoms with van der Waals surface area (Å²) in [4.78, 5) is 7.32. The molecule has 2 aromatic rings. The van der Waals surface area contributed by atoms with Gasteiger partial charge in [-0.25, -0.2) is 13.4 Å². The van der Waals surface area contributed by atoms with Crippen LogP contribution in [0.1, 0.15) is 10.4 Å². The number of hydrogen-bond acceptors (Lipinski definition) is 5. The van der Waals surface area contributed by atoms with E-state index in [-0.39, 0.29) is 0 Å². The first-order valence-corrected chi connectivity index (χ1v) is 9.98. The molecule has 1 aliphatic rings. The normalized spacial score (nSPS) is 17.5. The predicted molar refractivity (Wildman–Crippen MR) is 92.3 cm³/mol. The minimum absolute atomic E-state index is 0.436. The molecule has 3 rings (SSSR count). The number of halogens is 1. The molecule has 0 aliphatic carbocycles. The molecule has 1 saturated heterocycles. The zero-order chi connectivity index (χ0) is 16.4. The van der Waals surface area contributed by atoms with Crippen molar-refractivity contribution in [1.82, 2.24) is 14.2 Å². The molecule has 0 N–H and O–H groups in total. The molecule has 124 valence electrons. The second kappa shape index (κ2) is 6.86. The minimum Gasteiger partial charge on any atom is -0.296 e. The Morgan fingerprint density at radius 2 is 1.91 bits per heavy atom. The van der Waals surface area contributed by atoms with Crippen molar-refractivity contribution >= 4 is 33.0 Å². The Balaban J connectivity index is 1.61. The van der Waals surface area contributed by atoms with E-state index in [1.165, 1.54) is 11.3 Å². The van der Waals surface area contributed by atoms with E-state index in [1.54, 1.807) is 22.6 Å². The van der Waals surface area contributed by atoms with E-state index in [9.17, 15) is 8.42 Å². The summed E-state index contributed by atoms with van der Waals surface area (Å²) in [6.45, 7) is 5.14. The van der Waals surface area contributed by atoms with E-state index < -0.39 is 10.0 Å². The second-order valence-electron chi connectivity index (χ2n) is 5.53. The van der Waals surface area contributed by atoms with Gasteiger partial charge in [0.1, 0.15) is 9.36 Å². The molecule has 23 heavy (non-hydrogen) atoms. The Labute approximate surface area is 145 Å². The van der Waals surface area contributed by atoms with Gasteiger partial charge < -0.3 is 0 Å². The van der Waals surface area contributed by atoms with E-state index in [0.29, 0.717) is 35.5 Å². The van der Waals surface area contributed by atoms with Gasteiger partial charge in [0.25, 0.3) is 10.0 Å². The average molecular weight is 372 g/mol. The van der Waals surface area contributed by atoms with Crippen LogP contribution in [0.25, 0.3) is 0 Å². The van der Waals surface area contributed by atoms with Gasteiger partial charge in [-0.15, -0.1) is 11.3 Å². The van der Waals surface area contributed by atoms with Crippen LogP contribution in [-0.2, 0) is 16.6 Å². The molecular weight excluding hydrogens is 354 g/mol. The van der Waals surface area contributed by atoms with Crippen molar-refractivity contribution in [2.45, 2.75) is 17.7 Å². The smallest absolute Gasteiger partial charge is 0.252 e. The third-order valence-corrected chi connectivity index (χ3v) is 7.43. The van der Waals surface area contributed by atoms with Crippen LogP contribution in [0.4, 0.5) is 0 Å². The number of pyridine rings is 1. The first-order valence-electron chi connectivity index (χ1n) is 7.34. The monoisotopic (exact) mass is 371 g/mol. The van der Waals surface area contributed by atoms with Crippen molar-refractivity contribution in [3.8, 4) is 0 Å². The number of sulfonamides is 1. The molecule has 0 unspecified atom stereocenters. The quantitative estimate of drug-likeness (QED) is 0.775. The largest absolute Gasteiger partial charge is 0.296 e. The predicted octanol–water partition coefficient (Wildman–Crippen LogP) is 2.61. The fraction of sp³-hybridized carbons (Fsp3) is 0.400. The maximum absolute atomic E-state index is 12.6. The zero-order valence-corrected chi connectivity index (χ0v) is 15.2. The third kappa shape index (κ3) is 3.92. The van der Waals surface area contributed by atoms with Gasteiger partial charge >= 0.3 is 0 Å². The minimum atomic E-state index is -3.35. The molecular formula is C15H18ClN3O2S2. The lowest BCUT2D eigenvalue weighted by atomic mass is 10.2. The van der Waals surface area contributed by atoms with E-state index in [4.69, 9.17) is 11.6 Å². The first-order chi connectivity index (χ1) is 10.9. The van der Waals surface area contributed by atoms with Gasteiger partial charge in [-0.1, -0.05) is 17.7 Å². The summed E-state index contributed by atoms with van der Waals surface area (Å²) in [6.07, 6.45) is 1.76. The van der Waals surface area contributed by atoms with Gasteiger partial charge in [0.05, 0.1) is 0 Å². The van der Waals surface area contributed by atoms with Gasteiger partial charge in [0.15, 0.2) is 0 Å². The summed E-state index contributed by atoms with van der Waals surface area (Å²) >= 11 is 7.12. The number of piperazine rings is 1. The highest BCUT2D eigenvalue weighted by atomic mass is 35.5. The number of aryl methyl sites for hydroxylation is 1. The van der Waals surface area contributed by atoms with Gasteiger partial charge in [-0.3, -0.25) is 4.90 Å². The Morgan fingerprint density at radius 3 is 2.48 bits per heavy atom. The molecule has 8 heteroatoms. The van der Waals surface area contributed by atoms with Crippen molar-refractivity contribution in [2.75, 3.05) is 26.2 Å². The highest BCUT2D eigenvalue weighted by molar-refractivity contribution is 7.91. The topological polar surface area (TPSA) is 53.5 Å². The molecule has 0 spiro atoms. The maximum Gasteiger partial charge on any atom is 0.252 e. The van der Waals surface area contributed by atoms with Crippen molar-refractivity contribution in [1.29, 1.82) is 0 Å². The number of thiophene rings is 1. The summed E-state index contributed by atoms with van der Waals surface area (Å²) in [5.41, 5.74) is 1.08. The number of rotatable bonds is 4. The molecule has 0 saturated carbocycles. The zero-order valence-electron chi connectivity index (χ0n) is 12.8. The fourth-order valence-corrected chi connectivity index (χ4v) is 5.54. The molecule has 0 bridgehead atoms. The maximum atomic E-state index is 12.6. The van der Waals surface area contributed by atoms with Crippen LogP contribution < -0.4 is 0 Å². The molecule has 1 aliphatic heterocycles. The summed E-state index contributed by atoms with van der Waals surface area (Å²) in [5.74, 6) is 0. The molecule has 3 heterocycles. The lowest BCUT2D eigenvalue weighted by Crippen LogP contribution is -2.48. The molecule has 0 amide bonds. The summed E-state index contributed by atoms with van der Waals surface area (Å²) < 4.78 is 27.2. The molecule has 1 fully saturated rings. The van der Waals surface area contributed by atoms with Crippen molar-refractivity contribution in [3.05, 3.63) is 46.1 Å². The highest BCUT2D eigenvalue weighted by Crippen LogP contribution is 2.25. The van der Waals surface area contributed by atoms with Crippen molar-refractivity contribution < 1.29 is 8.42 Å². The van der Waals surface area contributed by atoms with E-state index in [1.807, 2.05) is 19.1 Å². The fourth-order valence-electron chi connectivity index (χ4n) is 2.56. The number of hydrogen-bond donors (Lipinski definition) is 0. The summed E-state index contributed by atoms with van der Waals surface area (Å²) in [7, 11) is -3.35. The summed E-state index contributed by atoms with van der Waals surface area (Å²) in [6, 6.07) is 7.27. The third-order valence-electron chi connectivity index (χ3n) is 3.84.